The summed E-state index contributed by atoms with van der Waals surface area (Å²) in [6.45, 7) is -0.257. The maximum Gasteiger partial charge on any atom is 0.534 e. The Kier molecular flexibility index (Phi) is 6.37. The number of pyridine rings is 1. The van der Waals surface area contributed by atoms with Crippen molar-refractivity contribution in [3.63, 3.8) is 0 Å². The minimum absolute atomic E-state index is 0.0503. The first-order valence-corrected chi connectivity index (χ1v) is 10.3. The SMILES string of the molecule is COc1cc(-c2cnc3c(OC)c(CO)ccc3c2)cc(OS(=O)(=O)C(F)(F)F)c1OC. The molecule has 172 valence electrons. The number of aliphatic hydroxyl groups is 1. The Balaban J connectivity index is 2.18. The third kappa shape index (κ3) is 4.23. The average molecular weight is 473 g/mol. The van der Waals surface area contributed by atoms with Gasteiger partial charge in [0.15, 0.2) is 17.2 Å². The zero-order valence-corrected chi connectivity index (χ0v) is 17.9. The molecule has 0 spiro atoms. The Morgan fingerprint density at radius 2 is 1.59 bits per heavy atom. The second kappa shape index (κ2) is 8.71. The molecular weight excluding hydrogens is 455 g/mol. The maximum absolute atomic E-state index is 12.8. The molecule has 3 rings (SSSR count). The minimum Gasteiger partial charge on any atom is -0.494 e. The predicted molar refractivity (Wildman–Crippen MR) is 108 cm³/mol. The van der Waals surface area contributed by atoms with Crippen molar-refractivity contribution in [2.75, 3.05) is 21.3 Å². The van der Waals surface area contributed by atoms with E-state index in [4.69, 9.17) is 14.2 Å². The number of aromatic nitrogens is 1. The summed E-state index contributed by atoms with van der Waals surface area (Å²) in [5.41, 5.74) is -3.97. The van der Waals surface area contributed by atoms with Gasteiger partial charge >= 0.3 is 15.6 Å². The summed E-state index contributed by atoms with van der Waals surface area (Å²) in [5, 5.41) is 10.1. The molecule has 1 N–H and O–H groups in total. The maximum atomic E-state index is 12.8. The highest BCUT2D eigenvalue weighted by Gasteiger charge is 2.49. The summed E-state index contributed by atoms with van der Waals surface area (Å²) in [4.78, 5) is 4.33. The van der Waals surface area contributed by atoms with Crippen LogP contribution in [-0.4, -0.2) is 45.3 Å². The van der Waals surface area contributed by atoms with Crippen molar-refractivity contribution in [1.29, 1.82) is 0 Å². The highest BCUT2D eigenvalue weighted by molar-refractivity contribution is 7.88. The van der Waals surface area contributed by atoms with E-state index in [2.05, 4.69) is 9.17 Å². The normalized spacial score (nSPS) is 12.0. The van der Waals surface area contributed by atoms with Gasteiger partial charge in [-0.25, -0.2) is 0 Å². The Bertz CT molecular complexity index is 1260. The van der Waals surface area contributed by atoms with Crippen LogP contribution in [0.4, 0.5) is 13.2 Å². The predicted octanol–water partition coefficient (Wildman–Crippen LogP) is 3.65. The van der Waals surface area contributed by atoms with Crippen LogP contribution in [0.2, 0.25) is 0 Å². The van der Waals surface area contributed by atoms with Crippen molar-refractivity contribution in [1.82, 2.24) is 4.98 Å². The van der Waals surface area contributed by atoms with Gasteiger partial charge in [0.25, 0.3) is 0 Å². The summed E-state index contributed by atoms with van der Waals surface area (Å²) in [6, 6.07) is 7.51. The molecule has 0 amide bonds. The lowest BCUT2D eigenvalue weighted by atomic mass is 10.0. The molecule has 0 saturated carbocycles. The summed E-state index contributed by atoms with van der Waals surface area (Å²) in [5.74, 6) is -0.700. The largest absolute Gasteiger partial charge is 0.534 e. The minimum atomic E-state index is -5.95. The second-order valence-corrected chi connectivity index (χ2v) is 7.94. The summed E-state index contributed by atoms with van der Waals surface area (Å²) in [7, 11) is -2.15. The zero-order chi connectivity index (χ0) is 23.7. The van der Waals surface area contributed by atoms with Gasteiger partial charge < -0.3 is 23.5 Å². The van der Waals surface area contributed by atoms with Crippen molar-refractivity contribution in [2.24, 2.45) is 0 Å². The number of hydrogen-bond donors (Lipinski definition) is 1. The second-order valence-electron chi connectivity index (χ2n) is 6.40. The number of fused-ring (bicyclic) bond motifs is 1. The molecule has 0 bridgehead atoms. The molecule has 0 aliphatic carbocycles. The first kappa shape index (κ1) is 23.4. The van der Waals surface area contributed by atoms with Crippen molar-refractivity contribution >= 4 is 21.0 Å². The molecule has 0 unspecified atom stereocenters. The van der Waals surface area contributed by atoms with Crippen molar-refractivity contribution < 1.29 is 45.1 Å². The van der Waals surface area contributed by atoms with Crippen LogP contribution in [0.5, 0.6) is 23.0 Å². The van der Waals surface area contributed by atoms with Crippen LogP contribution in [-0.2, 0) is 16.7 Å². The van der Waals surface area contributed by atoms with Crippen LogP contribution in [0, 0.1) is 0 Å². The Labute approximate surface area is 181 Å². The summed E-state index contributed by atoms with van der Waals surface area (Å²) >= 11 is 0. The van der Waals surface area contributed by atoms with Gasteiger partial charge in [0.1, 0.15) is 5.52 Å². The van der Waals surface area contributed by atoms with E-state index in [0.29, 0.717) is 27.8 Å². The van der Waals surface area contributed by atoms with E-state index in [0.717, 1.165) is 13.2 Å². The van der Waals surface area contributed by atoms with E-state index in [1.807, 2.05) is 0 Å². The molecule has 1 heterocycles. The molecule has 1 aromatic heterocycles. The molecule has 0 aliphatic rings. The number of halogens is 3. The fourth-order valence-corrected chi connectivity index (χ4v) is 3.50. The molecule has 0 fully saturated rings. The third-order valence-corrected chi connectivity index (χ3v) is 5.49. The van der Waals surface area contributed by atoms with E-state index < -0.39 is 21.4 Å². The van der Waals surface area contributed by atoms with Crippen LogP contribution in [0.3, 0.4) is 0 Å². The number of ether oxygens (including phenoxy) is 3. The first-order chi connectivity index (χ1) is 15.1. The molecule has 0 aliphatic heterocycles. The van der Waals surface area contributed by atoms with Crippen LogP contribution in [0.25, 0.3) is 22.0 Å². The standard InChI is InChI=1S/C20H18F3NO7S/c1-28-15-7-13(8-16(19(15)30-3)31-32(26,27)20(21,22)23)14-6-11-4-5-12(10-25)18(29-2)17(11)24-9-14/h4-9,25H,10H2,1-3H3. The third-order valence-electron chi connectivity index (χ3n) is 4.52. The van der Waals surface area contributed by atoms with Gasteiger partial charge in [0.2, 0.25) is 5.75 Å². The number of benzene rings is 2. The van der Waals surface area contributed by atoms with Gasteiger partial charge in [-0.3, -0.25) is 4.98 Å². The molecule has 0 atom stereocenters. The number of rotatable bonds is 7. The lowest BCUT2D eigenvalue weighted by molar-refractivity contribution is -0.0500. The monoisotopic (exact) mass is 473 g/mol. The number of alkyl halides is 3. The van der Waals surface area contributed by atoms with E-state index >= 15 is 0 Å². The Hall–Kier alpha value is -3.25. The van der Waals surface area contributed by atoms with Gasteiger partial charge in [-0.15, -0.1) is 0 Å². The first-order valence-electron chi connectivity index (χ1n) is 8.90. The van der Waals surface area contributed by atoms with Crippen molar-refractivity contribution in [2.45, 2.75) is 12.1 Å². The number of aliphatic hydroxyl groups excluding tert-OH is 1. The topological polar surface area (TPSA) is 104 Å². The Morgan fingerprint density at radius 1 is 0.938 bits per heavy atom. The van der Waals surface area contributed by atoms with Gasteiger partial charge in [-0.05, 0) is 23.8 Å². The number of hydrogen-bond acceptors (Lipinski definition) is 8. The van der Waals surface area contributed by atoms with Crippen LogP contribution in [0.15, 0.2) is 36.5 Å². The quantitative estimate of drug-likeness (QED) is 0.410. The van der Waals surface area contributed by atoms with Gasteiger partial charge in [-0.1, -0.05) is 12.1 Å². The molecule has 0 radical (unpaired) electrons. The van der Waals surface area contributed by atoms with Crippen molar-refractivity contribution in [3.8, 4) is 34.1 Å². The van der Waals surface area contributed by atoms with Crippen LogP contribution >= 0.6 is 0 Å². The van der Waals surface area contributed by atoms with Crippen LogP contribution in [0.1, 0.15) is 5.56 Å². The fourth-order valence-electron chi connectivity index (χ4n) is 3.05. The lowest BCUT2D eigenvalue weighted by Crippen LogP contribution is -2.28. The van der Waals surface area contributed by atoms with Crippen molar-refractivity contribution in [3.05, 3.63) is 42.1 Å². The number of methoxy groups -OCH3 is 3. The number of nitrogens with zero attached hydrogens (tertiary/aromatic N) is 1. The highest BCUT2D eigenvalue weighted by atomic mass is 32.2. The van der Waals surface area contributed by atoms with E-state index in [9.17, 15) is 26.7 Å². The zero-order valence-electron chi connectivity index (χ0n) is 17.1. The average Bonchev–Trinajstić information content (AvgIpc) is 2.76. The molecule has 12 heteroatoms. The van der Waals surface area contributed by atoms with E-state index in [1.54, 1.807) is 18.2 Å². The summed E-state index contributed by atoms with van der Waals surface area (Å²) in [6.07, 6.45) is 1.41. The van der Waals surface area contributed by atoms with Crippen LogP contribution < -0.4 is 18.4 Å². The molecule has 8 nitrogen and oxygen atoms in total. The van der Waals surface area contributed by atoms with Gasteiger partial charge in [-0.2, -0.15) is 21.6 Å². The molecule has 0 saturated heterocycles. The highest BCUT2D eigenvalue weighted by Crippen LogP contribution is 2.43. The molecule has 32 heavy (non-hydrogen) atoms. The smallest absolute Gasteiger partial charge is 0.494 e. The van der Waals surface area contributed by atoms with Gasteiger partial charge in [0.05, 0.1) is 27.9 Å². The van der Waals surface area contributed by atoms with Gasteiger partial charge in [0, 0.05) is 22.7 Å². The molecule has 2 aromatic carbocycles. The Morgan fingerprint density at radius 3 is 2.16 bits per heavy atom. The lowest BCUT2D eigenvalue weighted by Gasteiger charge is -2.16. The van der Waals surface area contributed by atoms with E-state index in [1.165, 1.54) is 26.5 Å². The van der Waals surface area contributed by atoms with E-state index in [-0.39, 0.29) is 23.7 Å². The molecule has 3 aromatic rings. The summed E-state index contributed by atoms with van der Waals surface area (Å²) < 4.78 is 81.4. The fraction of sp³-hybridized carbons (Fsp3) is 0.250. The molecular formula is C20H18F3NO7S.